The van der Waals surface area contributed by atoms with E-state index >= 15 is 0 Å². The van der Waals surface area contributed by atoms with Gasteiger partial charge in [-0.3, -0.25) is 5.41 Å². The average Bonchev–Trinajstić information content (AvgIpc) is 2.32. The first kappa shape index (κ1) is 15.1. The van der Waals surface area contributed by atoms with Crippen LogP contribution in [0.5, 0.6) is 0 Å². The Morgan fingerprint density at radius 2 is 2.00 bits per heavy atom. The van der Waals surface area contributed by atoms with Gasteiger partial charge in [0.1, 0.15) is 5.84 Å². The normalized spacial score (nSPS) is 16.9. The number of rotatable bonds is 5. The predicted octanol–water partition coefficient (Wildman–Crippen LogP) is 2.54. The number of halogens is 1. The first-order valence-electron chi connectivity index (χ1n) is 6.88. The maximum atomic E-state index is 7.72. The van der Waals surface area contributed by atoms with Crippen LogP contribution in [0, 0.1) is 5.41 Å². The zero-order chi connectivity index (χ0) is 14.9. The van der Waals surface area contributed by atoms with Crippen LogP contribution in [0.3, 0.4) is 0 Å². The summed E-state index contributed by atoms with van der Waals surface area (Å²) in [6, 6.07) is 5.56. The number of anilines is 1. The topological polar surface area (TPSA) is 56.4 Å². The number of benzene rings is 1. The molecule has 1 aromatic rings. The van der Waals surface area contributed by atoms with Crippen molar-refractivity contribution in [3.8, 4) is 0 Å². The van der Waals surface area contributed by atoms with Crippen molar-refractivity contribution in [2.45, 2.75) is 24.8 Å². The number of hydrogen-bond acceptors (Lipinski definition) is 3. The number of likely N-dealkylation sites (N-methyl/N-ethyl adjacent to an activating group) is 2. The van der Waals surface area contributed by atoms with Crippen LogP contribution in [-0.4, -0.2) is 44.0 Å². The predicted molar refractivity (Wildman–Crippen MR) is 86.0 cm³/mol. The van der Waals surface area contributed by atoms with E-state index in [1.54, 1.807) is 6.07 Å². The number of amidine groups is 1. The maximum absolute atomic E-state index is 7.72. The van der Waals surface area contributed by atoms with Gasteiger partial charge in [0.2, 0.25) is 0 Å². The van der Waals surface area contributed by atoms with Crippen LogP contribution in [-0.2, 0) is 0 Å². The summed E-state index contributed by atoms with van der Waals surface area (Å²) in [6.07, 6.45) is 3.72. The molecule has 0 aliphatic heterocycles. The highest BCUT2D eigenvalue weighted by Crippen LogP contribution is 2.38. The summed E-state index contributed by atoms with van der Waals surface area (Å²) in [5.41, 5.74) is 7.59. The molecule has 4 nitrogen and oxygen atoms in total. The van der Waals surface area contributed by atoms with Gasteiger partial charge >= 0.3 is 0 Å². The SMILES string of the molecule is CN(CC1(N(C)C)CCC1)c1ccc(Cl)cc1C(=N)N. The molecule has 1 aromatic carbocycles. The van der Waals surface area contributed by atoms with E-state index in [1.165, 1.54) is 19.3 Å². The summed E-state index contributed by atoms with van der Waals surface area (Å²) < 4.78 is 0. The Bertz CT molecular complexity index is 509. The molecule has 0 radical (unpaired) electrons. The van der Waals surface area contributed by atoms with Crippen molar-refractivity contribution < 1.29 is 0 Å². The molecule has 2 rings (SSSR count). The second-order valence-electron chi connectivity index (χ2n) is 5.90. The second-order valence-corrected chi connectivity index (χ2v) is 6.34. The first-order valence-corrected chi connectivity index (χ1v) is 7.26. The molecule has 0 bridgehead atoms. The lowest BCUT2D eigenvalue weighted by Gasteiger charge is -2.49. The summed E-state index contributed by atoms with van der Waals surface area (Å²) >= 11 is 6.01. The standard InChI is InChI=1S/C15H23ClN4/c1-19(2)15(7-4-8-15)10-20(3)13-6-5-11(16)9-12(13)14(17)18/h5-6,9H,4,7-8,10H2,1-3H3,(H3,17,18). The van der Waals surface area contributed by atoms with Gasteiger partial charge in [0.25, 0.3) is 0 Å². The zero-order valence-electron chi connectivity index (χ0n) is 12.4. The molecular formula is C15H23ClN4. The molecule has 0 spiro atoms. The lowest BCUT2D eigenvalue weighted by molar-refractivity contribution is 0.0683. The Balaban J connectivity index is 2.25. The lowest BCUT2D eigenvalue weighted by atomic mass is 9.75. The molecule has 1 saturated carbocycles. The van der Waals surface area contributed by atoms with E-state index in [-0.39, 0.29) is 11.4 Å². The Morgan fingerprint density at radius 3 is 2.45 bits per heavy atom. The van der Waals surface area contributed by atoms with Gasteiger partial charge in [-0.1, -0.05) is 11.6 Å². The van der Waals surface area contributed by atoms with Crippen molar-refractivity contribution in [2.24, 2.45) is 5.73 Å². The fourth-order valence-electron chi connectivity index (χ4n) is 2.92. The zero-order valence-corrected chi connectivity index (χ0v) is 13.2. The molecular weight excluding hydrogens is 272 g/mol. The van der Waals surface area contributed by atoms with Crippen LogP contribution in [0.15, 0.2) is 18.2 Å². The number of nitrogens with two attached hydrogens (primary N) is 1. The van der Waals surface area contributed by atoms with Gasteiger partial charge in [-0.05, 0) is 51.6 Å². The van der Waals surface area contributed by atoms with Gasteiger partial charge in [0.15, 0.2) is 0 Å². The molecule has 20 heavy (non-hydrogen) atoms. The van der Waals surface area contributed by atoms with Crippen LogP contribution >= 0.6 is 11.6 Å². The summed E-state index contributed by atoms with van der Waals surface area (Å²) in [5, 5.41) is 8.33. The van der Waals surface area contributed by atoms with Gasteiger partial charge < -0.3 is 15.5 Å². The van der Waals surface area contributed by atoms with Crippen molar-refractivity contribution in [1.82, 2.24) is 4.90 Å². The Hall–Kier alpha value is -1.26. The van der Waals surface area contributed by atoms with E-state index in [1.807, 2.05) is 12.1 Å². The number of nitrogen functional groups attached to an aromatic ring is 1. The van der Waals surface area contributed by atoms with Crippen molar-refractivity contribution in [3.05, 3.63) is 28.8 Å². The minimum absolute atomic E-state index is 0.0573. The molecule has 110 valence electrons. The van der Waals surface area contributed by atoms with E-state index in [2.05, 4.69) is 30.9 Å². The monoisotopic (exact) mass is 294 g/mol. The van der Waals surface area contributed by atoms with Crippen LogP contribution in [0.2, 0.25) is 5.02 Å². The Kier molecular flexibility index (Phi) is 4.25. The lowest BCUT2D eigenvalue weighted by Crippen LogP contribution is -2.56. The smallest absolute Gasteiger partial charge is 0.124 e. The van der Waals surface area contributed by atoms with E-state index in [0.29, 0.717) is 10.6 Å². The largest absolute Gasteiger partial charge is 0.384 e. The fraction of sp³-hybridized carbons (Fsp3) is 0.533. The Labute approximate surface area is 126 Å². The van der Waals surface area contributed by atoms with E-state index in [0.717, 1.165) is 12.2 Å². The molecule has 0 amide bonds. The molecule has 0 atom stereocenters. The van der Waals surface area contributed by atoms with Gasteiger partial charge in [0.05, 0.1) is 0 Å². The number of hydrogen-bond donors (Lipinski definition) is 2. The average molecular weight is 295 g/mol. The molecule has 1 aliphatic rings. The van der Waals surface area contributed by atoms with Crippen molar-refractivity contribution >= 4 is 23.1 Å². The maximum Gasteiger partial charge on any atom is 0.124 e. The van der Waals surface area contributed by atoms with Crippen molar-refractivity contribution in [3.63, 3.8) is 0 Å². The van der Waals surface area contributed by atoms with Crippen molar-refractivity contribution in [2.75, 3.05) is 32.6 Å². The van der Waals surface area contributed by atoms with Gasteiger partial charge in [-0.25, -0.2) is 0 Å². The fourth-order valence-corrected chi connectivity index (χ4v) is 3.09. The summed E-state index contributed by atoms with van der Waals surface area (Å²) in [6.45, 7) is 0.932. The van der Waals surface area contributed by atoms with Crippen LogP contribution in [0.25, 0.3) is 0 Å². The van der Waals surface area contributed by atoms with Gasteiger partial charge in [-0.2, -0.15) is 0 Å². The first-order chi connectivity index (χ1) is 9.35. The Morgan fingerprint density at radius 1 is 1.35 bits per heavy atom. The molecule has 0 aromatic heterocycles. The van der Waals surface area contributed by atoms with Crippen molar-refractivity contribution in [1.29, 1.82) is 5.41 Å². The van der Waals surface area contributed by atoms with E-state index in [4.69, 9.17) is 22.7 Å². The highest BCUT2D eigenvalue weighted by Gasteiger charge is 2.40. The minimum atomic E-state index is 0.0573. The van der Waals surface area contributed by atoms with Gasteiger partial charge in [-0.15, -0.1) is 0 Å². The summed E-state index contributed by atoms with van der Waals surface area (Å²) in [7, 11) is 6.33. The van der Waals surface area contributed by atoms with Crippen LogP contribution in [0.1, 0.15) is 24.8 Å². The molecule has 0 saturated heterocycles. The third-order valence-electron chi connectivity index (χ3n) is 4.42. The number of nitrogens with one attached hydrogen (secondary N) is 1. The van der Waals surface area contributed by atoms with E-state index in [9.17, 15) is 0 Å². The summed E-state index contributed by atoms with van der Waals surface area (Å²) in [4.78, 5) is 4.50. The quantitative estimate of drug-likeness (QED) is 0.648. The molecule has 0 unspecified atom stereocenters. The second kappa shape index (κ2) is 5.62. The molecule has 5 heteroatoms. The summed E-state index contributed by atoms with van der Waals surface area (Å²) in [5.74, 6) is 0.0573. The minimum Gasteiger partial charge on any atom is -0.384 e. The van der Waals surface area contributed by atoms with Crippen LogP contribution < -0.4 is 10.6 Å². The third kappa shape index (κ3) is 2.76. The number of nitrogens with zero attached hydrogens (tertiary/aromatic N) is 2. The third-order valence-corrected chi connectivity index (χ3v) is 4.66. The highest BCUT2D eigenvalue weighted by atomic mass is 35.5. The van der Waals surface area contributed by atoms with Gasteiger partial charge in [0, 0.05) is 35.4 Å². The highest BCUT2D eigenvalue weighted by molar-refractivity contribution is 6.31. The van der Waals surface area contributed by atoms with Crippen LogP contribution in [0.4, 0.5) is 5.69 Å². The molecule has 1 aliphatic carbocycles. The van der Waals surface area contributed by atoms with E-state index < -0.39 is 0 Å². The molecule has 0 heterocycles. The molecule has 1 fully saturated rings. The molecule has 3 N–H and O–H groups in total.